The number of nitrogens with zero attached hydrogens (tertiary/aromatic N) is 4. The topological polar surface area (TPSA) is 100 Å². The first-order valence-electron chi connectivity index (χ1n) is 9.37. The Kier molecular flexibility index (Phi) is 6.10. The van der Waals surface area contributed by atoms with Crippen LogP contribution in [0.15, 0.2) is 36.5 Å². The van der Waals surface area contributed by atoms with Crippen LogP contribution in [0.2, 0.25) is 0 Å². The molecule has 0 unspecified atom stereocenters. The van der Waals surface area contributed by atoms with Gasteiger partial charge in [0.25, 0.3) is 0 Å². The van der Waals surface area contributed by atoms with Gasteiger partial charge >= 0.3 is 6.09 Å². The molecule has 28 heavy (non-hydrogen) atoms. The molecule has 0 aliphatic rings. The molecule has 8 nitrogen and oxygen atoms in total. The van der Waals surface area contributed by atoms with E-state index in [9.17, 15) is 4.79 Å². The standard InChI is InChI=1S/C20H26N6O2/c1-4-26(5-2)12-11-25(3)17-10-9-14(13-22-17)19-23-15-7-6-8-16(18(15)24-19)28-20(21)27/h6-10,13H,4-5,11-12H2,1-3H3,(H2,21,27)(H,23,24). The Morgan fingerprint density at radius 3 is 2.61 bits per heavy atom. The second kappa shape index (κ2) is 8.71. The molecule has 0 aliphatic carbocycles. The summed E-state index contributed by atoms with van der Waals surface area (Å²) in [5.74, 6) is 1.89. The number of rotatable bonds is 8. The number of primary amides is 1. The molecule has 0 radical (unpaired) electrons. The molecule has 0 atom stereocenters. The molecule has 1 aromatic carbocycles. The van der Waals surface area contributed by atoms with E-state index < -0.39 is 6.09 Å². The predicted octanol–water partition coefficient (Wildman–Crippen LogP) is 2.86. The van der Waals surface area contributed by atoms with Crippen LogP contribution in [0.3, 0.4) is 0 Å². The van der Waals surface area contributed by atoms with Gasteiger partial charge in [0.2, 0.25) is 0 Å². The molecule has 3 N–H and O–H groups in total. The van der Waals surface area contributed by atoms with Crippen LogP contribution >= 0.6 is 0 Å². The van der Waals surface area contributed by atoms with E-state index in [1.54, 1.807) is 18.3 Å². The highest BCUT2D eigenvalue weighted by molar-refractivity contribution is 5.87. The monoisotopic (exact) mass is 382 g/mol. The van der Waals surface area contributed by atoms with Crippen molar-refractivity contribution in [2.24, 2.45) is 5.73 Å². The van der Waals surface area contributed by atoms with Crippen LogP contribution in [0.5, 0.6) is 5.75 Å². The van der Waals surface area contributed by atoms with Gasteiger partial charge in [0.05, 0.1) is 5.52 Å². The molecule has 1 amide bonds. The molecule has 0 saturated carbocycles. The van der Waals surface area contributed by atoms with E-state index in [1.165, 1.54) is 0 Å². The minimum Gasteiger partial charge on any atom is -0.408 e. The van der Waals surface area contributed by atoms with Crippen LogP contribution in [0.25, 0.3) is 22.4 Å². The third-order valence-electron chi connectivity index (χ3n) is 4.74. The van der Waals surface area contributed by atoms with Gasteiger partial charge in [0.1, 0.15) is 17.2 Å². The fourth-order valence-corrected chi connectivity index (χ4v) is 3.03. The summed E-state index contributed by atoms with van der Waals surface area (Å²) in [4.78, 5) is 27.9. The van der Waals surface area contributed by atoms with Gasteiger partial charge in [-0.05, 0) is 37.4 Å². The Bertz CT molecular complexity index is 934. The van der Waals surface area contributed by atoms with E-state index in [4.69, 9.17) is 10.5 Å². The number of anilines is 1. The first-order chi connectivity index (χ1) is 13.5. The van der Waals surface area contributed by atoms with Gasteiger partial charge in [0.15, 0.2) is 5.75 Å². The summed E-state index contributed by atoms with van der Waals surface area (Å²) in [6.45, 7) is 8.34. The van der Waals surface area contributed by atoms with Gasteiger partial charge in [-0.25, -0.2) is 14.8 Å². The number of hydrogen-bond donors (Lipinski definition) is 2. The van der Waals surface area contributed by atoms with Crippen molar-refractivity contribution in [3.63, 3.8) is 0 Å². The van der Waals surface area contributed by atoms with Gasteiger partial charge in [-0.3, -0.25) is 0 Å². The van der Waals surface area contributed by atoms with Crippen molar-refractivity contribution in [1.29, 1.82) is 0 Å². The van der Waals surface area contributed by atoms with Crippen molar-refractivity contribution < 1.29 is 9.53 Å². The van der Waals surface area contributed by atoms with E-state index in [0.717, 1.165) is 43.1 Å². The number of amides is 1. The quantitative estimate of drug-likeness (QED) is 0.621. The summed E-state index contributed by atoms with van der Waals surface area (Å²) in [7, 11) is 2.04. The minimum absolute atomic E-state index is 0.327. The highest BCUT2D eigenvalue weighted by Gasteiger charge is 2.12. The highest BCUT2D eigenvalue weighted by Crippen LogP contribution is 2.27. The minimum atomic E-state index is -0.865. The second-order valence-corrected chi connectivity index (χ2v) is 6.51. The number of H-pyrrole nitrogens is 1. The zero-order valence-electron chi connectivity index (χ0n) is 16.5. The van der Waals surface area contributed by atoms with Crippen molar-refractivity contribution in [3.8, 4) is 17.1 Å². The second-order valence-electron chi connectivity index (χ2n) is 6.51. The number of para-hydroxylation sites is 1. The van der Waals surface area contributed by atoms with Crippen molar-refractivity contribution in [2.75, 3.05) is 38.1 Å². The molecular weight excluding hydrogens is 356 g/mol. The van der Waals surface area contributed by atoms with Gasteiger partial charge < -0.3 is 25.3 Å². The van der Waals surface area contributed by atoms with Crippen LogP contribution in [-0.2, 0) is 0 Å². The van der Waals surface area contributed by atoms with E-state index in [1.807, 2.05) is 25.2 Å². The first kappa shape index (κ1) is 19.6. The lowest BCUT2D eigenvalue weighted by atomic mass is 10.2. The molecular formula is C20H26N6O2. The maximum absolute atomic E-state index is 11.1. The maximum Gasteiger partial charge on any atom is 0.410 e. The number of benzene rings is 1. The number of nitrogens with two attached hydrogens (primary N) is 1. The number of carbonyl (C=O) groups excluding carboxylic acids is 1. The number of pyridine rings is 1. The molecule has 0 fully saturated rings. The molecule has 3 aromatic rings. The third-order valence-corrected chi connectivity index (χ3v) is 4.74. The number of likely N-dealkylation sites (N-methyl/N-ethyl adjacent to an activating group) is 2. The molecule has 0 saturated heterocycles. The smallest absolute Gasteiger partial charge is 0.408 e. The van der Waals surface area contributed by atoms with Crippen molar-refractivity contribution in [1.82, 2.24) is 19.9 Å². The molecule has 0 spiro atoms. The van der Waals surface area contributed by atoms with Gasteiger partial charge in [-0.15, -0.1) is 0 Å². The lowest BCUT2D eigenvalue weighted by Gasteiger charge is -2.23. The van der Waals surface area contributed by atoms with Crippen LogP contribution < -0.4 is 15.4 Å². The third kappa shape index (κ3) is 4.40. The lowest BCUT2D eigenvalue weighted by Crippen LogP contribution is -2.33. The lowest BCUT2D eigenvalue weighted by molar-refractivity contribution is 0.211. The highest BCUT2D eigenvalue weighted by atomic mass is 16.5. The number of nitrogens with one attached hydrogen (secondary N) is 1. The summed E-state index contributed by atoms with van der Waals surface area (Å²) >= 11 is 0. The van der Waals surface area contributed by atoms with E-state index >= 15 is 0 Å². The van der Waals surface area contributed by atoms with Gasteiger partial charge in [-0.1, -0.05) is 19.9 Å². The van der Waals surface area contributed by atoms with Gasteiger partial charge in [-0.2, -0.15) is 0 Å². The number of imidazole rings is 1. The molecule has 148 valence electrons. The first-order valence-corrected chi connectivity index (χ1v) is 9.37. The molecule has 0 bridgehead atoms. The Morgan fingerprint density at radius 1 is 1.18 bits per heavy atom. The van der Waals surface area contributed by atoms with Crippen LogP contribution in [0.4, 0.5) is 10.6 Å². The fourth-order valence-electron chi connectivity index (χ4n) is 3.03. The molecule has 2 aromatic heterocycles. The number of carbonyl (C=O) groups is 1. The summed E-state index contributed by atoms with van der Waals surface area (Å²) in [6, 6.07) is 9.25. The SMILES string of the molecule is CCN(CC)CCN(C)c1ccc(-c2nc3c(OC(N)=O)cccc3[nH]2)cn1. The summed E-state index contributed by atoms with van der Waals surface area (Å²) < 4.78 is 5.02. The Balaban J connectivity index is 1.77. The zero-order valence-corrected chi connectivity index (χ0v) is 16.5. The van der Waals surface area contributed by atoms with Crippen LogP contribution in [0, 0.1) is 0 Å². The van der Waals surface area contributed by atoms with E-state index in [0.29, 0.717) is 17.1 Å². The summed E-state index contributed by atoms with van der Waals surface area (Å²) in [5, 5.41) is 0. The van der Waals surface area contributed by atoms with Crippen molar-refractivity contribution in [2.45, 2.75) is 13.8 Å². The summed E-state index contributed by atoms with van der Waals surface area (Å²) in [6.07, 6.45) is 0.922. The number of aromatic amines is 1. The Hall–Kier alpha value is -3.13. The predicted molar refractivity (Wildman–Crippen MR) is 111 cm³/mol. The number of aromatic nitrogens is 3. The Labute approximate surface area is 164 Å². The van der Waals surface area contributed by atoms with Crippen LogP contribution in [-0.4, -0.2) is 59.2 Å². The molecule has 8 heteroatoms. The number of hydrogen-bond acceptors (Lipinski definition) is 6. The normalized spacial score (nSPS) is 11.1. The molecule has 2 heterocycles. The van der Waals surface area contributed by atoms with Crippen LogP contribution in [0.1, 0.15) is 13.8 Å². The van der Waals surface area contributed by atoms with E-state index in [2.05, 4.69) is 38.6 Å². The van der Waals surface area contributed by atoms with E-state index in [-0.39, 0.29) is 0 Å². The van der Waals surface area contributed by atoms with Gasteiger partial charge in [0, 0.05) is 31.9 Å². The largest absolute Gasteiger partial charge is 0.410 e. The summed E-state index contributed by atoms with van der Waals surface area (Å²) in [5.41, 5.74) is 7.28. The average molecular weight is 382 g/mol. The van der Waals surface area contributed by atoms with Crippen molar-refractivity contribution in [3.05, 3.63) is 36.5 Å². The average Bonchev–Trinajstić information content (AvgIpc) is 3.14. The number of ether oxygens (including phenoxy) is 1. The maximum atomic E-state index is 11.1. The number of fused-ring (bicyclic) bond motifs is 1. The Morgan fingerprint density at radius 2 is 1.96 bits per heavy atom. The zero-order chi connectivity index (χ0) is 20.1. The molecule has 3 rings (SSSR count). The molecule has 0 aliphatic heterocycles. The fraction of sp³-hybridized carbons (Fsp3) is 0.350. The van der Waals surface area contributed by atoms with Crippen molar-refractivity contribution >= 4 is 22.9 Å².